The smallest absolute Gasteiger partial charge is 0.289 e. The Bertz CT molecular complexity index is 823. The number of nitrogens with one attached hydrogen (secondary N) is 1. The van der Waals surface area contributed by atoms with Gasteiger partial charge in [-0.3, -0.25) is 14.5 Å². The summed E-state index contributed by atoms with van der Waals surface area (Å²) in [6.45, 7) is 8.61. The molecule has 1 fully saturated rings. The molecule has 1 N–H and O–H groups in total. The van der Waals surface area contributed by atoms with E-state index in [-0.39, 0.29) is 17.9 Å². The zero-order valence-corrected chi connectivity index (χ0v) is 16.1. The van der Waals surface area contributed by atoms with E-state index < -0.39 is 0 Å². The van der Waals surface area contributed by atoms with Crippen molar-refractivity contribution in [1.82, 2.24) is 15.1 Å². The van der Waals surface area contributed by atoms with Gasteiger partial charge in [0.05, 0.1) is 6.54 Å². The van der Waals surface area contributed by atoms with E-state index in [4.69, 9.17) is 16.0 Å². The summed E-state index contributed by atoms with van der Waals surface area (Å²) >= 11 is 6.04. The van der Waals surface area contributed by atoms with Crippen molar-refractivity contribution >= 4 is 34.4 Å². The number of benzene rings is 1. The van der Waals surface area contributed by atoms with Gasteiger partial charge in [0.1, 0.15) is 5.58 Å². The van der Waals surface area contributed by atoms with E-state index in [1.807, 2.05) is 26.8 Å². The molecule has 0 spiro atoms. The van der Waals surface area contributed by atoms with Crippen LogP contribution in [0, 0.1) is 6.92 Å². The Hall–Kier alpha value is -2.05. The maximum Gasteiger partial charge on any atom is 0.289 e. The number of hydrogen-bond acceptors (Lipinski definition) is 4. The monoisotopic (exact) mass is 377 g/mol. The number of piperazine rings is 1. The second kappa shape index (κ2) is 7.68. The normalized spacial score (nSPS) is 15.7. The molecular formula is C19H24ClN3O3. The highest BCUT2D eigenvalue weighted by Crippen LogP contribution is 2.28. The van der Waals surface area contributed by atoms with Gasteiger partial charge in [0.15, 0.2) is 5.76 Å². The van der Waals surface area contributed by atoms with Gasteiger partial charge in [-0.1, -0.05) is 11.6 Å². The number of carbonyl (C=O) groups excluding carboxylic acids is 2. The summed E-state index contributed by atoms with van der Waals surface area (Å²) in [5.74, 6) is 0.277. The molecule has 1 aromatic carbocycles. The van der Waals surface area contributed by atoms with Crippen LogP contribution in [0.25, 0.3) is 11.0 Å². The third-order valence-electron chi connectivity index (χ3n) is 4.57. The largest absolute Gasteiger partial charge is 0.451 e. The standard InChI is InChI=1S/C19H24ClN3O3/c1-12(2)21-17(24)11-22-6-8-23(9-7-22)19(25)18-13(3)15-10-14(20)4-5-16(15)26-18/h4-5,10,12H,6-9,11H2,1-3H3,(H,21,24). The number of nitrogens with zero attached hydrogens (tertiary/aromatic N) is 2. The van der Waals surface area contributed by atoms with Crippen molar-refractivity contribution < 1.29 is 14.0 Å². The van der Waals surface area contributed by atoms with E-state index in [9.17, 15) is 9.59 Å². The Morgan fingerprint density at radius 3 is 2.58 bits per heavy atom. The van der Waals surface area contributed by atoms with Crippen LogP contribution in [0.15, 0.2) is 22.6 Å². The SMILES string of the molecule is Cc1c(C(=O)N2CCN(CC(=O)NC(C)C)CC2)oc2ccc(Cl)cc12. The first kappa shape index (κ1) is 18.7. The van der Waals surface area contributed by atoms with Crippen molar-refractivity contribution in [2.45, 2.75) is 26.8 Å². The van der Waals surface area contributed by atoms with Crippen molar-refractivity contribution in [3.63, 3.8) is 0 Å². The van der Waals surface area contributed by atoms with Crippen molar-refractivity contribution in [2.75, 3.05) is 32.7 Å². The summed E-state index contributed by atoms with van der Waals surface area (Å²) in [4.78, 5) is 28.6. The molecule has 1 aliphatic rings. The van der Waals surface area contributed by atoms with E-state index in [0.29, 0.717) is 49.1 Å². The Balaban J connectivity index is 1.64. The first-order valence-electron chi connectivity index (χ1n) is 8.85. The van der Waals surface area contributed by atoms with E-state index in [1.165, 1.54) is 0 Å². The first-order chi connectivity index (χ1) is 12.3. The van der Waals surface area contributed by atoms with Crippen LogP contribution < -0.4 is 5.32 Å². The molecule has 0 atom stereocenters. The molecule has 140 valence electrons. The molecule has 0 saturated carbocycles. The molecular weight excluding hydrogens is 354 g/mol. The Morgan fingerprint density at radius 1 is 1.23 bits per heavy atom. The van der Waals surface area contributed by atoms with E-state index in [0.717, 1.165) is 10.9 Å². The molecule has 2 heterocycles. The quantitative estimate of drug-likeness (QED) is 0.889. The lowest BCUT2D eigenvalue weighted by Gasteiger charge is -2.34. The fraction of sp³-hybridized carbons (Fsp3) is 0.474. The molecule has 0 radical (unpaired) electrons. The van der Waals surface area contributed by atoms with Crippen LogP contribution in [0.1, 0.15) is 30.0 Å². The number of carbonyl (C=O) groups is 2. The third-order valence-corrected chi connectivity index (χ3v) is 4.80. The van der Waals surface area contributed by atoms with Gasteiger partial charge in [-0.25, -0.2) is 0 Å². The maximum absolute atomic E-state index is 12.9. The Kier molecular flexibility index (Phi) is 5.53. The Labute approximate surface area is 158 Å². The van der Waals surface area contributed by atoms with Gasteiger partial charge in [0.25, 0.3) is 5.91 Å². The molecule has 1 aliphatic heterocycles. The number of fused-ring (bicyclic) bond motifs is 1. The average molecular weight is 378 g/mol. The lowest BCUT2D eigenvalue weighted by Crippen LogP contribution is -2.51. The van der Waals surface area contributed by atoms with Crippen molar-refractivity contribution in [3.8, 4) is 0 Å². The van der Waals surface area contributed by atoms with Crippen molar-refractivity contribution in [1.29, 1.82) is 0 Å². The molecule has 3 rings (SSSR count). The first-order valence-corrected chi connectivity index (χ1v) is 9.22. The highest BCUT2D eigenvalue weighted by atomic mass is 35.5. The van der Waals surface area contributed by atoms with Gasteiger partial charge >= 0.3 is 0 Å². The number of rotatable bonds is 4. The summed E-state index contributed by atoms with van der Waals surface area (Å²) in [7, 11) is 0. The number of aryl methyl sites for hydroxylation is 1. The number of halogens is 1. The van der Waals surface area contributed by atoms with Gasteiger partial charge < -0.3 is 14.6 Å². The van der Waals surface area contributed by atoms with E-state index >= 15 is 0 Å². The van der Waals surface area contributed by atoms with Crippen LogP contribution in [-0.4, -0.2) is 60.4 Å². The summed E-state index contributed by atoms with van der Waals surface area (Å²) < 4.78 is 5.78. The van der Waals surface area contributed by atoms with E-state index in [1.54, 1.807) is 17.0 Å². The molecule has 1 saturated heterocycles. The predicted octanol–water partition coefficient (Wildman–Crippen LogP) is 2.68. The van der Waals surface area contributed by atoms with E-state index in [2.05, 4.69) is 10.2 Å². The zero-order chi connectivity index (χ0) is 18.8. The van der Waals surface area contributed by atoms with Crippen LogP contribution >= 0.6 is 11.6 Å². The second-order valence-corrected chi connectivity index (χ2v) is 7.42. The summed E-state index contributed by atoms with van der Waals surface area (Å²) in [5, 5.41) is 4.37. The molecule has 0 unspecified atom stereocenters. The van der Waals surface area contributed by atoms with Crippen LogP contribution in [0.4, 0.5) is 0 Å². The van der Waals surface area contributed by atoms with Crippen LogP contribution in [0.3, 0.4) is 0 Å². The number of hydrogen-bond donors (Lipinski definition) is 1. The maximum atomic E-state index is 12.9. The summed E-state index contributed by atoms with van der Waals surface area (Å²) in [5.41, 5.74) is 1.48. The minimum absolute atomic E-state index is 0.0183. The molecule has 7 heteroatoms. The fourth-order valence-corrected chi connectivity index (χ4v) is 3.39. The lowest BCUT2D eigenvalue weighted by atomic mass is 10.1. The number of furan rings is 1. The third kappa shape index (κ3) is 4.02. The second-order valence-electron chi connectivity index (χ2n) is 6.99. The minimum atomic E-state index is -0.110. The van der Waals surface area contributed by atoms with Crippen molar-refractivity contribution in [3.05, 3.63) is 34.5 Å². The predicted molar refractivity (Wildman–Crippen MR) is 102 cm³/mol. The molecule has 6 nitrogen and oxygen atoms in total. The summed E-state index contributed by atoms with van der Waals surface area (Å²) in [6.07, 6.45) is 0. The molecule has 1 aromatic heterocycles. The van der Waals surface area contributed by atoms with Gasteiger partial charge in [0.2, 0.25) is 5.91 Å². The molecule has 26 heavy (non-hydrogen) atoms. The van der Waals surface area contributed by atoms with Crippen LogP contribution in [0.5, 0.6) is 0 Å². The lowest BCUT2D eigenvalue weighted by molar-refractivity contribution is -0.123. The summed E-state index contributed by atoms with van der Waals surface area (Å²) in [6, 6.07) is 5.49. The zero-order valence-electron chi connectivity index (χ0n) is 15.3. The fourth-order valence-electron chi connectivity index (χ4n) is 3.22. The van der Waals surface area contributed by atoms with Gasteiger partial charge in [-0.2, -0.15) is 0 Å². The Morgan fingerprint density at radius 2 is 1.92 bits per heavy atom. The average Bonchev–Trinajstić information content (AvgIpc) is 2.90. The minimum Gasteiger partial charge on any atom is -0.451 e. The molecule has 2 amide bonds. The highest BCUT2D eigenvalue weighted by molar-refractivity contribution is 6.31. The highest BCUT2D eigenvalue weighted by Gasteiger charge is 2.27. The van der Waals surface area contributed by atoms with Crippen LogP contribution in [0.2, 0.25) is 5.02 Å². The van der Waals surface area contributed by atoms with Gasteiger partial charge in [-0.05, 0) is 39.0 Å². The van der Waals surface area contributed by atoms with Crippen LogP contribution in [-0.2, 0) is 4.79 Å². The molecule has 0 aliphatic carbocycles. The number of amides is 2. The van der Waals surface area contributed by atoms with Gasteiger partial charge in [0, 0.05) is 48.2 Å². The topological polar surface area (TPSA) is 65.8 Å². The molecule has 0 bridgehead atoms. The molecule has 2 aromatic rings. The van der Waals surface area contributed by atoms with Gasteiger partial charge in [-0.15, -0.1) is 0 Å². The van der Waals surface area contributed by atoms with Crippen molar-refractivity contribution in [2.24, 2.45) is 0 Å².